The Morgan fingerprint density at radius 2 is 1.88 bits per heavy atom. The summed E-state index contributed by atoms with van der Waals surface area (Å²) in [5.74, 6) is -0.921. The maximum Gasteiger partial charge on any atom is 0.354 e. The first-order valence-electron chi connectivity index (χ1n) is 7.90. The molecule has 0 aliphatic rings. The monoisotopic (exact) mass is 348 g/mol. The van der Waals surface area contributed by atoms with Crippen LogP contribution in [0.1, 0.15) is 44.5 Å². The van der Waals surface area contributed by atoms with Crippen LogP contribution in [0.25, 0.3) is 0 Å². The van der Waals surface area contributed by atoms with Crippen molar-refractivity contribution in [3.8, 4) is 5.75 Å². The Morgan fingerprint density at radius 3 is 2.44 bits per heavy atom. The van der Waals surface area contributed by atoms with Crippen LogP contribution in [0.3, 0.4) is 0 Å². The standard InChI is InChI=1S/C18H24N2O5/c1-6-25-17(23)14(11-15(21)18(2,3)4)19-20-16(22)12-8-7-9-13(10-12)24-5/h7-10H,6,11H2,1-5H3,(H,20,22)/b19-14+. The third kappa shape index (κ3) is 6.37. The Labute approximate surface area is 147 Å². The van der Waals surface area contributed by atoms with Crippen LogP contribution in [0.15, 0.2) is 29.4 Å². The number of nitrogens with one attached hydrogen (secondary N) is 1. The molecule has 0 fully saturated rings. The van der Waals surface area contributed by atoms with Crippen molar-refractivity contribution in [1.29, 1.82) is 0 Å². The Kier molecular flexibility index (Phi) is 7.29. The van der Waals surface area contributed by atoms with Crippen LogP contribution in [0, 0.1) is 5.41 Å². The lowest BCUT2D eigenvalue weighted by Gasteiger charge is -2.16. The Hall–Kier alpha value is -2.70. The topological polar surface area (TPSA) is 94.1 Å². The van der Waals surface area contributed by atoms with Gasteiger partial charge in [-0.15, -0.1) is 0 Å². The van der Waals surface area contributed by atoms with E-state index >= 15 is 0 Å². The summed E-state index contributed by atoms with van der Waals surface area (Å²) in [4.78, 5) is 36.3. The van der Waals surface area contributed by atoms with Gasteiger partial charge in [0, 0.05) is 11.0 Å². The van der Waals surface area contributed by atoms with Crippen molar-refractivity contribution < 1.29 is 23.9 Å². The molecule has 0 aliphatic carbocycles. The van der Waals surface area contributed by atoms with Crippen molar-refractivity contribution in [1.82, 2.24) is 5.43 Å². The highest BCUT2D eigenvalue weighted by Crippen LogP contribution is 2.17. The van der Waals surface area contributed by atoms with Gasteiger partial charge in [-0.2, -0.15) is 5.10 Å². The predicted octanol–water partition coefficient (Wildman–Crippen LogP) is 2.35. The number of carbonyl (C=O) groups is 3. The van der Waals surface area contributed by atoms with Gasteiger partial charge in [-0.25, -0.2) is 10.2 Å². The molecule has 0 heterocycles. The molecule has 1 aromatic carbocycles. The van der Waals surface area contributed by atoms with E-state index in [9.17, 15) is 14.4 Å². The fourth-order valence-corrected chi connectivity index (χ4v) is 1.74. The highest BCUT2D eigenvalue weighted by Gasteiger charge is 2.26. The summed E-state index contributed by atoms with van der Waals surface area (Å²) in [5, 5.41) is 3.81. The summed E-state index contributed by atoms with van der Waals surface area (Å²) in [6.45, 7) is 7.02. The molecule has 0 bridgehead atoms. The van der Waals surface area contributed by atoms with E-state index in [4.69, 9.17) is 9.47 Å². The van der Waals surface area contributed by atoms with Crippen molar-refractivity contribution in [2.24, 2.45) is 10.5 Å². The fraction of sp³-hybridized carbons (Fsp3) is 0.444. The number of esters is 1. The number of hydrazone groups is 1. The molecule has 1 N–H and O–H groups in total. The largest absolute Gasteiger partial charge is 0.497 e. The summed E-state index contributed by atoms with van der Waals surface area (Å²) < 4.78 is 9.96. The molecule has 25 heavy (non-hydrogen) atoms. The number of ether oxygens (including phenoxy) is 2. The highest BCUT2D eigenvalue weighted by atomic mass is 16.5. The minimum atomic E-state index is -0.731. The SMILES string of the molecule is CCOC(=O)/C(CC(=O)C(C)(C)C)=N/NC(=O)c1cccc(OC)c1. The van der Waals surface area contributed by atoms with Gasteiger partial charge >= 0.3 is 5.97 Å². The molecule has 7 heteroatoms. The van der Waals surface area contributed by atoms with Crippen LogP contribution in [-0.4, -0.2) is 37.1 Å². The Morgan fingerprint density at radius 1 is 1.20 bits per heavy atom. The normalized spacial score (nSPS) is 11.6. The van der Waals surface area contributed by atoms with Crippen molar-refractivity contribution in [3.63, 3.8) is 0 Å². The number of ketones is 1. The molecule has 0 unspecified atom stereocenters. The van der Waals surface area contributed by atoms with Gasteiger partial charge in [0.2, 0.25) is 0 Å². The molecule has 0 aromatic heterocycles. The molecule has 136 valence electrons. The van der Waals surface area contributed by atoms with Gasteiger partial charge in [0.1, 0.15) is 11.5 Å². The van der Waals surface area contributed by atoms with Gasteiger partial charge in [-0.1, -0.05) is 26.8 Å². The maximum atomic E-state index is 12.2. The molecule has 0 aliphatic heterocycles. The number of amides is 1. The molecule has 7 nitrogen and oxygen atoms in total. The zero-order valence-corrected chi connectivity index (χ0v) is 15.2. The molecule has 1 rings (SSSR count). The summed E-state index contributed by atoms with van der Waals surface area (Å²) in [7, 11) is 1.49. The molecule has 0 atom stereocenters. The number of hydrogen-bond donors (Lipinski definition) is 1. The number of nitrogens with zero attached hydrogens (tertiary/aromatic N) is 1. The third-order valence-corrected chi connectivity index (χ3v) is 3.30. The van der Waals surface area contributed by atoms with Crippen LogP contribution in [-0.2, 0) is 14.3 Å². The first-order chi connectivity index (χ1) is 11.7. The van der Waals surface area contributed by atoms with Crippen molar-refractivity contribution >= 4 is 23.4 Å². The molecular formula is C18H24N2O5. The smallest absolute Gasteiger partial charge is 0.354 e. The second kappa shape index (κ2) is 8.96. The Bertz CT molecular complexity index is 674. The average Bonchev–Trinajstić information content (AvgIpc) is 2.57. The lowest BCUT2D eigenvalue weighted by atomic mass is 9.88. The van der Waals surface area contributed by atoms with E-state index in [0.717, 1.165) is 0 Å². The van der Waals surface area contributed by atoms with E-state index in [1.54, 1.807) is 45.9 Å². The van der Waals surface area contributed by atoms with Crippen LogP contribution < -0.4 is 10.2 Å². The van der Waals surface area contributed by atoms with Gasteiger partial charge in [-0.3, -0.25) is 9.59 Å². The van der Waals surface area contributed by atoms with Gasteiger partial charge < -0.3 is 9.47 Å². The Balaban J connectivity index is 2.95. The predicted molar refractivity (Wildman–Crippen MR) is 93.6 cm³/mol. The summed E-state index contributed by atoms with van der Waals surface area (Å²) >= 11 is 0. The quantitative estimate of drug-likeness (QED) is 0.464. The molecule has 0 radical (unpaired) electrons. The summed E-state index contributed by atoms with van der Waals surface area (Å²) in [6, 6.07) is 6.48. The van der Waals surface area contributed by atoms with Gasteiger partial charge in [0.15, 0.2) is 5.71 Å². The van der Waals surface area contributed by atoms with E-state index in [-0.39, 0.29) is 24.5 Å². The number of benzene rings is 1. The zero-order chi connectivity index (χ0) is 19.0. The lowest BCUT2D eigenvalue weighted by Crippen LogP contribution is -2.30. The van der Waals surface area contributed by atoms with Gasteiger partial charge in [0.25, 0.3) is 5.91 Å². The molecule has 0 saturated heterocycles. The average molecular weight is 348 g/mol. The molecule has 1 aromatic rings. The van der Waals surface area contributed by atoms with Crippen LogP contribution in [0.4, 0.5) is 0 Å². The number of hydrogen-bond acceptors (Lipinski definition) is 6. The minimum Gasteiger partial charge on any atom is -0.497 e. The van der Waals surface area contributed by atoms with Crippen LogP contribution >= 0.6 is 0 Å². The van der Waals surface area contributed by atoms with Gasteiger partial charge in [-0.05, 0) is 25.1 Å². The summed E-state index contributed by atoms with van der Waals surface area (Å²) in [6.07, 6.45) is -0.222. The molecule has 1 amide bonds. The second-order valence-corrected chi connectivity index (χ2v) is 6.30. The van der Waals surface area contributed by atoms with E-state index in [2.05, 4.69) is 10.5 Å². The van der Waals surface area contributed by atoms with E-state index in [1.807, 2.05) is 0 Å². The lowest BCUT2D eigenvalue weighted by molar-refractivity contribution is -0.136. The van der Waals surface area contributed by atoms with E-state index < -0.39 is 17.3 Å². The van der Waals surface area contributed by atoms with Gasteiger partial charge in [0.05, 0.1) is 20.1 Å². The van der Waals surface area contributed by atoms with Crippen LogP contribution in [0.5, 0.6) is 5.75 Å². The molecular weight excluding hydrogens is 324 g/mol. The summed E-state index contributed by atoms with van der Waals surface area (Å²) in [5.41, 5.74) is 1.82. The second-order valence-electron chi connectivity index (χ2n) is 6.30. The van der Waals surface area contributed by atoms with E-state index in [1.165, 1.54) is 13.2 Å². The fourth-order valence-electron chi connectivity index (χ4n) is 1.74. The maximum absolute atomic E-state index is 12.2. The number of Topliss-reactive ketones (excluding diaryl/α,β-unsaturated/α-hetero) is 1. The minimum absolute atomic E-state index is 0.141. The van der Waals surface area contributed by atoms with Crippen LogP contribution in [0.2, 0.25) is 0 Å². The van der Waals surface area contributed by atoms with Crippen molar-refractivity contribution in [2.75, 3.05) is 13.7 Å². The first kappa shape index (κ1) is 20.3. The number of rotatable bonds is 7. The van der Waals surface area contributed by atoms with E-state index in [0.29, 0.717) is 11.3 Å². The highest BCUT2D eigenvalue weighted by molar-refractivity contribution is 6.40. The number of methoxy groups -OCH3 is 1. The van der Waals surface area contributed by atoms with Crippen molar-refractivity contribution in [2.45, 2.75) is 34.1 Å². The molecule has 0 saturated carbocycles. The zero-order valence-electron chi connectivity index (χ0n) is 15.2. The van der Waals surface area contributed by atoms with Crippen molar-refractivity contribution in [3.05, 3.63) is 29.8 Å². The third-order valence-electron chi connectivity index (χ3n) is 3.30. The first-order valence-corrected chi connectivity index (χ1v) is 7.90. The number of carbonyl (C=O) groups excluding carboxylic acids is 3. The molecule has 0 spiro atoms.